The summed E-state index contributed by atoms with van der Waals surface area (Å²) in [6.07, 6.45) is 0. The smallest absolute Gasteiger partial charge is 0.358 e. The van der Waals surface area contributed by atoms with Gasteiger partial charge in [-0.25, -0.2) is 0 Å². The molecule has 2 heteroatoms. The maximum absolute atomic E-state index is 2.58. The van der Waals surface area contributed by atoms with E-state index in [1.165, 1.54) is 66.1 Å². The molecule has 0 aromatic heterocycles. The van der Waals surface area contributed by atoms with E-state index in [4.69, 9.17) is 0 Å². The molecule has 0 saturated carbocycles. The van der Waals surface area contributed by atoms with Gasteiger partial charge in [-0.05, 0) is 71.2 Å². The van der Waals surface area contributed by atoms with Crippen LogP contribution in [0, 0.1) is 42.5 Å². The molecule has 0 bridgehead atoms. The Morgan fingerprint density at radius 2 is 0.804 bits per heavy atom. The van der Waals surface area contributed by atoms with Crippen LogP contribution in [0.1, 0.15) is 63.8 Å². The molecule has 46 heavy (non-hydrogen) atoms. The fourth-order valence-corrected chi connectivity index (χ4v) is 16.0. The molecule has 0 amide bonds. The Labute approximate surface area is 299 Å². The zero-order valence-electron chi connectivity index (χ0n) is 30.2. The Bertz CT molecular complexity index is 1840. The van der Waals surface area contributed by atoms with E-state index in [1.807, 2.05) is 0 Å². The molecule has 0 N–H and O–H groups in total. The van der Waals surface area contributed by atoms with E-state index < -0.39 is 8.07 Å². The van der Waals surface area contributed by atoms with Gasteiger partial charge in [0.15, 0.2) is 0 Å². The molecule has 0 saturated heterocycles. The first-order valence-electron chi connectivity index (χ1n) is 15.8. The molecule has 0 heterocycles. The summed E-state index contributed by atoms with van der Waals surface area (Å²) in [5.74, 6) is 0. The molecule has 0 nitrogen and oxygen atoms in total. The molecule has 0 unspecified atom stereocenters. The molecule has 0 atom stereocenters. The van der Waals surface area contributed by atoms with E-state index in [1.54, 1.807) is 10.4 Å². The Morgan fingerprint density at radius 3 is 1.15 bits per heavy atom. The van der Waals surface area contributed by atoms with Gasteiger partial charge in [-0.1, -0.05) is 101 Å². The molecule has 0 spiro atoms. The first-order chi connectivity index (χ1) is 20.3. The number of benzene rings is 4. The molecule has 0 fully saturated rings. The van der Waals surface area contributed by atoms with Gasteiger partial charge in [0.2, 0.25) is 0 Å². The molecule has 0 aliphatic rings. The van der Waals surface area contributed by atoms with Crippen molar-refractivity contribution in [3.8, 4) is 22.3 Å². The summed E-state index contributed by atoms with van der Waals surface area (Å²) >= 11 is 0. The van der Waals surface area contributed by atoms with Gasteiger partial charge in [-0.3, -0.25) is 0 Å². The van der Waals surface area contributed by atoms with Crippen LogP contribution in [0.3, 0.4) is 0 Å². The Morgan fingerprint density at radius 1 is 0.478 bits per heavy atom. The second kappa shape index (κ2) is 13.4. The largest absolute Gasteiger partial charge is 4.00 e. The molecule has 6 aromatic carbocycles. The van der Waals surface area contributed by atoms with Crippen LogP contribution in [0.15, 0.2) is 97.1 Å². The summed E-state index contributed by atoms with van der Waals surface area (Å²) in [7, 11) is -2.41. The average Bonchev–Trinajstić information content (AvgIpc) is 3.55. The molecule has 6 aromatic rings. The van der Waals surface area contributed by atoms with Gasteiger partial charge in [0.25, 0.3) is 0 Å². The van der Waals surface area contributed by atoms with Crippen molar-refractivity contribution >= 4 is 40.0 Å². The van der Waals surface area contributed by atoms with Crippen LogP contribution in [-0.2, 0) is 25.8 Å². The number of hydrogen-bond acceptors (Lipinski definition) is 0. The van der Waals surface area contributed by atoms with Crippen LogP contribution in [0.25, 0.3) is 43.8 Å². The van der Waals surface area contributed by atoms with Crippen molar-refractivity contribution in [3.05, 3.63) is 134 Å². The third kappa shape index (κ3) is 5.79. The second-order valence-corrected chi connectivity index (χ2v) is 20.5. The van der Waals surface area contributed by atoms with Crippen molar-refractivity contribution in [2.75, 3.05) is 0 Å². The van der Waals surface area contributed by atoms with E-state index in [0.717, 1.165) is 0 Å². The number of aryl methyl sites for hydroxylation is 2. The van der Waals surface area contributed by atoms with E-state index in [2.05, 4.69) is 166 Å². The van der Waals surface area contributed by atoms with Crippen molar-refractivity contribution in [3.63, 3.8) is 0 Å². The Hall–Kier alpha value is -2.81. The Balaban J connectivity index is 0.00000192. The van der Waals surface area contributed by atoms with Crippen molar-refractivity contribution in [1.82, 2.24) is 0 Å². The maximum atomic E-state index is 2.58. The first kappa shape index (κ1) is 37.6. The monoisotopic (exact) mass is 788 g/mol. The van der Waals surface area contributed by atoms with Crippen molar-refractivity contribution in [2.24, 2.45) is 0 Å². The van der Waals surface area contributed by atoms with Crippen LogP contribution < -0.4 is 10.4 Å². The number of rotatable bonds is 4. The first-order valence-corrected chi connectivity index (χ1v) is 17.8. The van der Waals surface area contributed by atoms with Gasteiger partial charge in [-0.15, -0.1) is 68.3 Å². The third-order valence-corrected chi connectivity index (χ3v) is 17.2. The average molecular weight is 787 g/mol. The molecule has 0 aliphatic carbocycles. The van der Waals surface area contributed by atoms with Crippen LogP contribution in [-0.4, -0.2) is 8.07 Å². The predicted molar refractivity (Wildman–Crippen MR) is 206 cm³/mol. The molecule has 0 radical (unpaired) electrons. The molecule has 6 rings (SSSR count). The minimum Gasteiger partial charge on any atom is -0.358 e. The van der Waals surface area contributed by atoms with Gasteiger partial charge < -0.3 is 14.9 Å². The summed E-state index contributed by atoms with van der Waals surface area (Å²) in [5.41, 5.74) is 10.8. The second-order valence-electron chi connectivity index (χ2n) is 14.8. The quantitative estimate of drug-likeness (QED) is 0.123. The summed E-state index contributed by atoms with van der Waals surface area (Å²) in [6.45, 7) is 24.0. The van der Waals surface area contributed by atoms with Crippen LogP contribution in [0.2, 0.25) is 10.1 Å². The minimum atomic E-state index is -2.41. The normalized spacial score (nSPS) is 12.0. The third-order valence-electron chi connectivity index (χ3n) is 10.4. The molecular formula is C44H52HfSi. The van der Waals surface area contributed by atoms with Gasteiger partial charge in [-0.2, -0.15) is 12.1 Å². The number of hydrogen-bond donors (Lipinski definition) is 0. The van der Waals surface area contributed by atoms with Gasteiger partial charge in [0.1, 0.15) is 0 Å². The standard InChI is InChI=1S/C42H46Si.2CH3.Hf/c1-27-15-11-19-35(29(27)3)37-21-13-17-31-23-33(25-39(31)37)43(41(5,6)7,42(8,9)10)34-24-32-18-14-22-38(40(32)26-34)36-20-12-16-28(2)30(36)4;;;/h11-26H,1-10H3;2*1H3;/q-2;2*-1;+4. The van der Waals surface area contributed by atoms with E-state index >= 15 is 0 Å². The number of fused-ring (bicyclic) bond motifs is 2. The fraction of sp³-hybridized carbons (Fsp3) is 0.273. The van der Waals surface area contributed by atoms with Gasteiger partial charge >= 0.3 is 25.8 Å². The maximum Gasteiger partial charge on any atom is 4.00 e. The molecular weight excluding hydrogens is 735 g/mol. The zero-order valence-corrected chi connectivity index (χ0v) is 34.8. The summed E-state index contributed by atoms with van der Waals surface area (Å²) < 4.78 is 0. The van der Waals surface area contributed by atoms with E-state index in [-0.39, 0.29) is 50.8 Å². The molecule has 0 aliphatic heterocycles. The Kier molecular flexibility index (Phi) is 10.9. The SMILES string of the molecule is Cc1cccc(-c2cccc3[cH-]c([Si](c4cc5c(-c6cccc(C)c6C)cccc5[cH-]4)(C(C)(C)C)C(C)(C)C)cc23)c1C.[CH3-].[CH3-].[Hf+4]. The van der Waals surface area contributed by atoms with Gasteiger partial charge in [0.05, 0.1) is 8.07 Å². The summed E-state index contributed by atoms with van der Waals surface area (Å²) in [4.78, 5) is 0. The molecule has 236 valence electrons. The predicted octanol–water partition coefficient (Wildman–Crippen LogP) is 12.1. The van der Waals surface area contributed by atoms with Crippen LogP contribution in [0.4, 0.5) is 0 Å². The van der Waals surface area contributed by atoms with Gasteiger partial charge in [0, 0.05) is 0 Å². The topological polar surface area (TPSA) is 0 Å². The zero-order chi connectivity index (χ0) is 30.9. The van der Waals surface area contributed by atoms with E-state index in [0.29, 0.717) is 0 Å². The summed E-state index contributed by atoms with van der Waals surface area (Å²) in [6, 6.07) is 37.5. The van der Waals surface area contributed by atoms with Crippen LogP contribution >= 0.6 is 0 Å². The van der Waals surface area contributed by atoms with Crippen LogP contribution in [0.5, 0.6) is 0 Å². The van der Waals surface area contributed by atoms with Crippen molar-refractivity contribution < 1.29 is 25.8 Å². The minimum absolute atomic E-state index is 0. The van der Waals surface area contributed by atoms with Crippen molar-refractivity contribution in [1.29, 1.82) is 0 Å². The van der Waals surface area contributed by atoms with E-state index in [9.17, 15) is 0 Å². The van der Waals surface area contributed by atoms with Crippen molar-refractivity contribution in [2.45, 2.75) is 79.3 Å². The summed E-state index contributed by atoms with van der Waals surface area (Å²) in [5, 5.41) is 8.72. The fourth-order valence-electron chi connectivity index (χ4n) is 8.48.